The first-order valence-electron chi connectivity index (χ1n) is 17.7. The molecule has 0 unspecified atom stereocenters. The van der Waals surface area contributed by atoms with Crippen LogP contribution in [-0.2, 0) is 11.1 Å². The maximum atomic E-state index is 5.76. The second kappa shape index (κ2) is 9.56. The lowest BCUT2D eigenvalue weighted by atomic mass is 9.79. The van der Waals surface area contributed by atoms with E-state index in [9.17, 15) is 0 Å². The molecule has 0 fully saturated rings. The molecule has 1 aromatic heterocycles. The summed E-state index contributed by atoms with van der Waals surface area (Å²) >= 11 is 0. The van der Waals surface area contributed by atoms with Crippen molar-refractivity contribution < 1.29 is 0 Å². The Kier molecular flexibility index (Phi) is 5.11. The molecular formula is C48H29N3. The van der Waals surface area contributed by atoms with E-state index in [1.807, 2.05) is 0 Å². The van der Waals surface area contributed by atoms with Crippen LogP contribution in [0.5, 0.6) is 0 Å². The van der Waals surface area contributed by atoms with E-state index in [-0.39, 0.29) is 0 Å². The van der Waals surface area contributed by atoms with Crippen molar-refractivity contribution in [3.8, 4) is 22.3 Å². The third kappa shape index (κ3) is 3.08. The van der Waals surface area contributed by atoms with E-state index >= 15 is 0 Å². The minimum Gasteiger partial charge on any atom is -0.305 e. The largest absolute Gasteiger partial charge is 0.305 e. The molecule has 3 nitrogen and oxygen atoms in total. The van der Waals surface area contributed by atoms with E-state index in [0.29, 0.717) is 5.95 Å². The lowest BCUT2D eigenvalue weighted by Crippen LogP contribution is -2.53. The van der Waals surface area contributed by atoms with Crippen LogP contribution in [0.4, 0.5) is 5.95 Å². The number of nitrogens with zero attached hydrogens (tertiary/aromatic N) is 3. The van der Waals surface area contributed by atoms with E-state index in [4.69, 9.17) is 9.97 Å². The van der Waals surface area contributed by atoms with E-state index in [0.717, 1.165) is 16.3 Å². The first kappa shape index (κ1) is 27.3. The van der Waals surface area contributed by atoms with Crippen LogP contribution in [-0.4, -0.2) is 9.97 Å². The molecule has 0 saturated carbocycles. The molecule has 236 valence electrons. The van der Waals surface area contributed by atoms with Crippen molar-refractivity contribution in [3.05, 3.63) is 209 Å². The molecule has 51 heavy (non-hydrogen) atoms. The lowest BCUT2D eigenvalue weighted by molar-refractivity contribution is 0.499. The van der Waals surface area contributed by atoms with Gasteiger partial charge in [-0.2, -0.15) is 0 Å². The molecule has 0 amide bonds. The Bertz CT molecular complexity index is 2710. The van der Waals surface area contributed by atoms with Gasteiger partial charge in [-0.3, -0.25) is 0 Å². The number of hydrogen-bond donors (Lipinski definition) is 0. The van der Waals surface area contributed by atoms with Crippen molar-refractivity contribution in [1.82, 2.24) is 9.97 Å². The zero-order valence-electron chi connectivity index (χ0n) is 27.6. The summed E-state index contributed by atoms with van der Waals surface area (Å²) in [4.78, 5) is 13.9. The summed E-state index contributed by atoms with van der Waals surface area (Å²) in [6.07, 6.45) is 2.08. The average Bonchev–Trinajstić information content (AvgIpc) is 3.78. The number of hydrogen-bond acceptors (Lipinski definition) is 3. The van der Waals surface area contributed by atoms with Gasteiger partial charge in [0.25, 0.3) is 0 Å². The first-order chi connectivity index (χ1) is 25.3. The fourth-order valence-electron chi connectivity index (χ4n) is 10.2. The predicted octanol–water partition coefficient (Wildman–Crippen LogP) is 11.0. The SMILES string of the molecule is c1ccc2c(c1)-c1ccccc1C21c2ccccc2C2(c3ccccc3-c3ccccc32)N1c1ncc2c3ccccc3c3ccccc3c2n1. The van der Waals surface area contributed by atoms with Crippen LogP contribution in [0, 0.1) is 0 Å². The second-order valence-electron chi connectivity index (χ2n) is 14.0. The fraction of sp³-hybridized carbons (Fsp3) is 0.0417. The van der Waals surface area contributed by atoms with Crippen molar-refractivity contribution in [1.29, 1.82) is 0 Å². The van der Waals surface area contributed by atoms with Gasteiger partial charge < -0.3 is 4.90 Å². The molecule has 0 radical (unpaired) electrons. The van der Waals surface area contributed by atoms with Gasteiger partial charge in [-0.1, -0.05) is 170 Å². The molecule has 2 spiro atoms. The van der Waals surface area contributed by atoms with Gasteiger partial charge in [0.2, 0.25) is 5.95 Å². The Labute approximate surface area is 295 Å². The highest BCUT2D eigenvalue weighted by Gasteiger charge is 2.67. The summed E-state index contributed by atoms with van der Waals surface area (Å²) < 4.78 is 0. The van der Waals surface area contributed by atoms with E-state index < -0.39 is 11.1 Å². The summed E-state index contributed by atoms with van der Waals surface area (Å²) in [6.45, 7) is 0. The van der Waals surface area contributed by atoms with Crippen LogP contribution in [0.3, 0.4) is 0 Å². The van der Waals surface area contributed by atoms with Crippen molar-refractivity contribution in [2.45, 2.75) is 11.1 Å². The highest BCUT2D eigenvalue weighted by Crippen LogP contribution is 2.69. The van der Waals surface area contributed by atoms with Crippen LogP contribution in [0.2, 0.25) is 0 Å². The number of fused-ring (bicyclic) bond motifs is 19. The zero-order valence-corrected chi connectivity index (χ0v) is 27.6. The molecule has 3 heteroatoms. The summed E-state index contributed by atoms with van der Waals surface area (Å²) in [5, 5.41) is 5.78. The molecular weight excluding hydrogens is 619 g/mol. The van der Waals surface area contributed by atoms with Gasteiger partial charge in [-0.15, -0.1) is 0 Å². The van der Waals surface area contributed by atoms with Crippen LogP contribution < -0.4 is 4.90 Å². The van der Waals surface area contributed by atoms with Gasteiger partial charge in [0.15, 0.2) is 0 Å². The Morgan fingerprint density at radius 2 is 0.667 bits per heavy atom. The highest BCUT2D eigenvalue weighted by atomic mass is 15.4. The molecule has 0 saturated heterocycles. The Balaban J connectivity index is 1.31. The van der Waals surface area contributed by atoms with Gasteiger partial charge in [0, 0.05) is 17.0 Å². The van der Waals surface area contributed by atoms with Gasteiger partial charge in [0.1, 0.15) is 11.1 Å². The molecule has 0 atom stereocenters. The fourth-order valence-corrected chi connectivity index (χ4v) is 10.2. The molecule has 8 aromatic carbocycles. The third-order valence-corrected chi connectivity index (χ3v) is 11.9. The number of benzene rings is 8. The maximum absolute atomic E-state index is 5.76. The average molecular weight is 648 g/mol. The molecule has 0 bridgehead atoms. The zero-order chi connectivity index (χ0) is 33.3. The minimum absolute atomic E-state index is 0.706. The van der Waals surface area contributed by atoms with Crippen molar-refractivity contribution in [2.75, 3.05) is 4.90 Å². The lowest BCUT2D eigenvalue weighted by Gasteiger charge is -2.46. The third-order valence-electron chi connectivity index (χ3n) is 11.9. The van der Waals surface area contributed by atoms with Crippen molar-refractivity contribution >= 4 is 38.4 Å². The van der Waals surface area contributed by atoms with Crippen LogP contribution in [0.1, 0.15) is 33.4 Å². The molecule has 1 aliphatic heterocycles. The smallest absolute Gasteiger partial charge is 0.228 e. The van der Waals surface area contributed by atoms with Crippen LogP contribution in [0.25, 0.3) is 54.7 Å². The molecule has 2 aliphatic carbocycles. The summed E-state index contributed by atoms with van der Waals surface area (Å²) in [5.41, 5.74) is 12.1. The first-order valence-corrected chi connectivity index (χ1v) is 17.7. The maximum Gasteiger partial charge on any atom is 0.228 e. The second-order valence-corrected chi connectivity index (χ2v) is 14.0. The topological polar surface area (TPSA) is 29.0 Å². The normalized spacial score (nSPS) is 15.3. The molecule has 9 aromatic rings. The van der Waals surface area contributed by atoms with E-state index in [2.05, 4.69) is 181 Å². The highest BCUT2D eigenvalue weighted by molar-refractivity contribution is 6.24. The number of anilines is 1. The van der Waals surface area contributed by atoms with Crippen LogP contribution in [0.15, 0.2) is 176 Å². The molecule has 3 aliphatic rings. The summed E-state index contributed by atoms with van der Waals surface area (Å²) in [5.74, 6) is 0.706. The quantitative estimate of drug-likeness (QED) is 0.166. The standard InChI is InChI=1S/C48H29N3/c1-2-17-32-30(15-1)31-16-3-4-22-37(31)45-38(32)29-49-46(50-45)51-47(39-23-9-5-18-33(39)34-19-6-10-24-40(34)47)43-27-13-14-28-44(43)48(51)41-25-11-7-20-35(41)36-21-8-12-26-42(36)48/h1-29H. The van der Waals surface area contributed by atoms with Crippen LogP contribution >= 0.6 is 0 Å². The van der Waals surface area contributed by atoms with Gasteiger partial charge in [-0.05, 0) is 71.8 Å². The van der Waals surface area contributed by atoms with Gasteiger partial charge in [0.05, 0.1) is 5.52 Å². The van der Waals surface area contributed by atoms with E-state index in [1.54, 1.807) is 0 Å². The number of aromatic nitrogens is 2. The van der Waals surface area contributed by atoms with E-state index in [1.165, 1.54) is 71.8 Å². The molecule has 0 N–H and O–H groups in total. The summed E-state index contributed by atoms with van der Waals surface area (Å²) in [7, 11) is 0. The van der Waals surface area contributed by atoms with Gasteiger partial charge in [-0.25, -0.2) is 9.97 Å². The predicted molar refractivity (Wildman–Crippen MR) is 207 cm³/mol. The van der Waals surface area contributed by atoms with Gasteiger partial charge >= 0.3 is 0 Å². The number of rotatable bonds is 1. The monoisotopic (exact) mass is 647 g/mol. The molecule has 2 heterocycles. The minimum atomic E-state index is -0.714. The Hall–Kier alpha value is -6.58. The Morgan fingerprint density at radius 1 is 0.333 bits per heavy atom. The summed E-state index contributed by atoms with van der Waals surface area (Å²) in [6, 6.07) is 62.3. The Morgan fingerprint density at radius 3 is 1.12 bits per heavy atom. The molecule has 12 rings (SSSR count). The van der Waals surface area contributed by atoms with Crippen molar-refractivity contribution in [3.63, 3.8) is 0 Å². The van der Waals surface area contributed by atoms with Crippen molar-refractivity contribution in [2.24, 2.45) is 0 Å².